The molecule has 0 aromatic rings. The van der Waals surface area contributed by atoms with Crippen LogP contribution in [-0.2, 0) is 0 Å². The van der Waals surface area contributed by atoms with Crippen molar-refractivity contribution in [3.8, 4) is 0 Å². The highest BCUT2D eigenvalue weighted by Crippen LogP contribution is 2.06. The third kappa shape index (κ3) is 1.24. The van der Waals surface area contributed by atoms with Crippen molar-refractivity contribution in [2.24, 2.45) is 15.7 Å². The summed E-state index contributed by atoms with van der Waals surface area (Å²) in [5.74, 6) is 0.938. The van der Waals surface area contributed by atoms with Crippen LogP contribution in [0.4, 0.5) is 0 Å². The highest BCUT2D eigenvalue weighted by Gasteiger charge is 2.15. The fourth-order valence-corrected chi connectivity index (χ4v) is 0.974. The lowest BCUT2D eigenvalue weighted by molar-refractivity contribution is 0.872. The lowest BCUT2D eigenvalue weighted by atomic mass is 10.2. The Morgan fingerprint density at radius 1 is 1.60 bits per heavy atom. The molecule has 0 bridgehead atoms. The van der Waals surface area contributed by atoms with Crippen LogP contribution in [0.3, 0.4) is 0 Å². The van der Waals surface area contributed by atoms with Gasteiger partial charge in [-0.05, 0) is 6.92 Å². The molecule has 0 saturated heterocycles. The Labute approximate surface area is 61.1 Å². The average molecular weight is 139 g/mol. The zero-order valence-electron chi connectivity index (χ0n) is 6.46. The van der Waals surface area contributed by atoms with Crippen LogP contribution in [-0.4, -0.2) is 24.1 Å². The molecular weight excluding hydrogens is 126 g/mol. The number of hydrogen-bond acceptors (Lipinski definition) is 3. The molecule has 0 amide bonds. The summed E-state index contributed by atoms with van der Waals surface area (Å²) in [7, 11) is 0. The summed E-state index contributed by atoms with van der Waals surface area (Å²) in [6.45, 7) is 4.61. The molecule has 0 saturated carbocycles. The summed E-state index contributed by atoms with van der Waals surface area (Å²) in [5.41, 5.74) is 6.51. The number of nitrogens with two attached hydrogens (primary N) is 1. The van der Waals surface area contributed by atoms with Crippen LogP contribution in [0.25, 0.3) is 0 Å². The van der Waals surface area contributed by atoms with Gasteiger partial charge in [-0.1, -0.05) is 6.92 Å². The van der Waals surface area contributed by atoms with E-state index in [2.05, 4.69) is 16.9 Å². The Kier molecular flexibility index (Phi) is 2.17. The zero-order chi connectivity index (χ0) is 7.56. The quantitative estimate of drug-likeness (QED) is 0.598. The molecule has 3 heteroatoms. The minimum absolute atomic E-state index is 0.162. The van der Waals surface area contributed by atoms with E-state index in [0.29, 0.717) is 6.54 Å². The monoisotopic (exact) mass is 139 g/mol. The molecule has 0 radical (unpaired) electrons. The minimum atomic E-state index is 0.162. The van der Waals surface area contributed by atoms with Crippen molar-refractivity contribution in [3.05, 3.63) is 0 Å². The van der Waals surface area contributed by atoms with Gasteiger partial charge in [-0.2, -0.15) is 0 Å². The van der Waals surface area contributed by atoms with Gasteiger partial charge in [-0.15, -0.1) is 0 Å². The van der Waals surface area contributed by atoms with E-state index in [1.807, 2.05) is 6.92 Å². The first-order valence-corrected chi connectivity index (χ1v) is 3.59. The molecule has 1 atom stereocenters. The van der Waals surface area contributed by atoms with E-state index in [-0.39, 0.29) is 6.04 Å². The molecule has 0 aliphatic carbocycles. The van der Waals surface area contributed by atoms with E-state index in [4.69, 9.17) is 5.73 Å². The lowest BCUT2D eigenvalue weighted by Crippen LogP contribution is -2.22. The predicted octanol–water partition coefficient (Wildman–Crippen LogP) is 0.597. The van der Waals surface area contributed by atoms with Gasteiger partial charge in [0.1, 0.15) is 11.9 Å². The molecule has 0 aromatic carbocycles. The van der Waals surface area contributed by atoms with Gasteiger partial charge in [0.25, 0.3) is 0 Å². The van der Waals surface area contributed by atoms with Gasteiger partial charge in [0, 0.05) is 18.7 Å². The van der Waals surface area contributed by atoms with Crippen molar-refractivity contribution in [3.63, 3.8) is 0 Å². The van der Waals surface area contributed by atoms with Crippen LogP contribution in [0.2, 0.25) is 0 Å². The largest absolute Gasteiger partial charge is 0.328 e. The molecule has 0 spiro atoms. The zero-order valence-corrected chi connectivity index (χ0v) is 6.46. The predicted molar refractivity (Wildman–Crippen MR) is 43.7 cm³/mol. The highest BCUT2D eigenvalue weighted by molar-refractivity contribution is 6.04. The fraction of sp³-hybridized carbons (Fsp3) is 0.714. The summed E-state index contributed by atoms with van der Waals surface area (Å²) in [6, 6.07) is 0.162. The molecule has 1 aliphatic heterocycles. The number of hydrogen-bond donors (Lipinski definition) is 1. The van der Waals surface area contributed by atoms with Crippen molar-refractivity contribution in [2.45, 2.75) is 26.3 Å². The van der Waals surface area contributed by atoms with Gasteiger partial charge in [0.05, 0.1) is 0 Å². The topological polar surface area (TPSA) is 50.7 Å². The third-order valence-corrected chi connectivity index (χ3v) is 1.63. The van der Waals surface area contributed by atoms with Crippen molar-refractivity contribution in [2.75, 3.05) is 6.54 Å². The van der Waals surface area contributed by atoms with Gasteiger partial charge in [0.15, 0.2) is 0 Å². The second kappa shape index (κ2) is 2.92. The molecule has 1 aliphatic rings. The maximum atomic E-state index is 5.45. The van der Waals surface area contributed by atoms with Crippen LogP contribution in [0.5, 0.6) is 0 Å². The van der Waals surface area contributed by atoms with Crippen molar-refractivity contribution in [1.29, 1.82) is 0 Å². The van der Waals surface area contributed by atoms with Gasteiger partial charge in [0.2, 0.25) is 0 Å². The second-order valence-electron chi connectivity index (χ2n) is 2.40. The highest BCUT2D eigenvalue weighted by atomic mass is 15.0. The maximum absolute atomic E-state index is 5.45. The maximum Gasteiger partial charge on any atom is 0.123 e. The summed E-state index contributed by atoms with van der Waals surface area (Å²) >= 11 is 0. The van der Waals surface area contributed by atoms with Crippen molar-refractivity contribution < 1.29 is 0 Å². The Morgan fingerprint density at radius 2 is 2.30 bits per heavy atom. The lowest BCUT2D eigenvalue weighted by Gasteiger charge is -2.00. The van der Waals surface area contributed by atoms with Gasteiger partial charge in [-0.3, -0.25) is 4.99 Å². The van der Waals surface area contributed by atoms with E-state index in [1.54, 1.807) is 0 Å². The molecular formula is C7H13N3. The Morgan fingerprint density at radius 3 is 2.60 bits per heavy atom. The molecule has 0 aromatic heterocycles. The first-order chi connectivity index (χ1) is 4.77. The Hall–Kier alpha value is -0.700. The smallest absolute Gasteiger partial charge is 0.123 e. The van der Waals surface area contributed by atoms with Crippen LogP contribution < -0.4 is 5.73 Å². The van der Waals surface area contributed by atoms with Gasteiger partial charge < -0.3 is 5.73 Å². The second-order valence-corrected chi connectivity index (χ2v) is 2.40. The molecule has 10 heavy (non-hydrogen) atoms. The molecule has 1 heterocycles. The van der Waals surface area contributed by atoms with E-state index in [9.17, 15) is 0 Å². The van der Waals surface area contributed by atoms with Crippen molar-refractivity contribution >= 4 is 11.5 Å². The molecule has 56 valence electrons. The average Bonchev–Trinajstić information content (AvgIpc) is 2.30. The number of nitrogens with zero attached hydrogens (tertiary/aromatic N) is 2. The Bertz CT molecular complexity index is 181. The first kappa shape index (κ1) is 7.41. The van der Waals surface area contributed by atoms with Crippen LogP contribution in [0.1, 0.15) is 20.3 Å². The van der Waals surface area contributed by atoms with E-state index < -0.39 is 0 Å². The van der Waals surface area contributed by atoms with Gasteiger partial charge >= 0.3 is 0 Å². The number of amidine groups is 1. The molecule has 1 rings (SSSR count). The summed E-state index contributed by atoms with van der Waals surface area (Å²) in [5, 5.41) is 0. The Balaban J connectivity index is 2.67. The standard InChI is InChI=1S/C7H13N3/c1-3-7-9-5(2)6(4-8)10-7/h6H,3-4,8H2,1-2H3. The third-order valence-electron chi connectivity index (χ3n) is 1.63. The SMILES string of the molecule is CCC1=NC(CN)C(C)=N1. The molecule has 0 fully saturated rings. The summed E-state index contributed by atoms with van der Waals surface area (Å²) < 4.78 is 0. The van der Waals surface area contributed by atoms with Crippen LogP contribution in [0.15, 0.2) is 9.98 Å². The molecule has 2 N–H and O–H groups in total. The van der Waals surface area contributed by atoms with E-state index >= 15 is 0 Å². The summed E-state index contributed by atoms with van der Waals surface area (Å²) in [4.78, 5) is 8.54. The number of rotatable bonds is 2. The van der Waals surface area contributed by atoms with Crippen LogP contribution >= 0.6 is 0 Å². The minimum Gasteiger partial charge on any atom is -0.328 e. The summed E-state index contributed by atoms with van der Waals surface area (Å²) in [6.07, 6.45) is 0.911. The molecule has 3 nitrogen and oxygen atoms in total. The molecule has 1 unspecified atom stereocenters. The van der Waals surface area contributed by atoms with Gasteiger partial charge in [-0.25, -0.2) is 4.99 Å². The van der Waals surface area contributed by atoms with Crippen molar-refractivity contribution in [1.82, 2.24) is 0 Å². The fourth-order valence-electron chi connectivity index (χ4n) is 0.974. The van der Waals surface area contributed by atoms with Crippen LogP contribution in [0, 0.1) is 0 Å². The van der Waals surface area contributed by atoms with E-state index in [0.717, 1.165) is 18.0 Å². The number of aliphatic imine (C=N–C) groups is 2. The van der Waals surface area contributed by atoms with E-state index in [1.165, 1.54) is 0 Å². The first-order valence-electron chi connectivity index (χ1n) is 3.59. The normalized spacial score (nSPS) is 24.5.